The predicted molar refractivity (Wildman–Crippen MR) is 98.8 cm³/mol. The number of piperazine rings is 1. The Balaban J connectivity index is 1.92. The molecule has 1 aromatic rings. The summed E-state index contributed by atoms with van der Waals surface area (Å²) in [5, 5.41) is 28.6. The van der Waals surface area contributed by atoms with E-state index in [4.69, 9.17) is 10.5 Å². The van der Waals surface area contributed by atoms with Crippen LogP contribution in [0, 0.1) is 32.8 Å². The van der Waals surface area contributed by atoms with E-state index in [0.29, 0.717) is 45.0 Å². The second-order valence-corrected chi connectivity index (χ2v) is 6.21. The number of hydrogen-bond donors (Lipinski definition) is 0. The Kier molecular flexibility index (Phi) is 7.53. The predicted octanol–water partition coefficient (Wildman–Crippen LogP) is 1.37. The number of benzene rings is 1. The smallest absolute Gasteiger partial charge is 0.292 e. The van der Waals surface area contributed by atoms with E-state index in [1.165, 1.54) is 6.07 Å². The first kappa shape index (κ1) is 20.1. The van der Waals surface area contributed by atoms with Gasteiger partial charge in [0.2, 0.25) is 5.91 Å². The third-order valence-electron chi connectivity index (χ3n) is 4.49. The highest BCUT2D eigenvalue weighted by molar-refractivity contribution is 5.78. The fourth-order valence-electron chi connectivity index (χ4n) is 3.06. The molecule has 142 valence electrons. The zero-order valence-corrected chi connectivity index (χ0v) is 15.1. The van der Waals surface area contributed by atoms with Crippen molar-refractivity contribution in [2.24, 2.45) is 0 Å². The number of nitro benzene ring substituents is 1. The van der Waals surface area contributed by atoms with Crippen molar-refractivity contribution in [2.45, 2.75) is 12.8 Å². The minimum Gasteiger partial charge on any atom is -0.363 e. The molecule has 1 aromatic carbocycles. The second-order valence-electron chi connectivity index (χ2n) is 6.21. The quantitative estimate of drug-likeness (QED) is 0.501. The molecule has 0 aromatic heterocycles. The van der Waals surface area contributed by atoms with Crippen LogP contribution < -0.4 is 4.90 Å². The summed E-state index contributed by atoms with van der Waals surface area (Å²) in [5.74, 6) is -0.0976. The van der Waals surface area contributed by atoms with E-state index >= 15 is 0 Å². The third kappa shape index (κ3) is 5.66. The summed E-state index contributed by atoms with van der Waals surface area (Å²) in [7, 11) is 0. The van der Waals surface area contributed by atoms with Crippen LogP contribution in [0.15, 0.2) is 24.3 Å². The van der Waals surface area contributed by atoms with Crippen LogP contribution in [0.25, 0.3) is 0 Å². The van der Waals surface area contributed by atoms with Gasteiger partial charge in [0.05, 0.1) is 36.4 Å². The largest absolute Gasteiger partial charge is 0.363 e. The molecule has 1 saturated heterocycles. The van der Waals surface area contributed by atoms with Gasteiger partial charge in [-0.05, 0) is 6.07 Å². The molecule has 0 bridgehead atoms. The lowest BCUT2D eigenvalue weighted by atomic mass is 10.2. The van der Waals surface area contributed by atoms with E-state index in [0.717, 1.165) is 0 Å². The van der Waals surface area contributed by atoms with Crippen LogP contribution in [0.5, 0.6) is 0 Å². The van der Waals surface area contributed by atoms with Gasteiger partial charge in [0, 0.05) is 45.3 Å². The molecular formula is C18H22N6O3. The molecule has 27 heavy (non-hydrogen) atoms. The van der Waals surface area contributed by atoms with E-state index in [9.17, 15) is 14.9 Å². The Morgan fingerprint density at radius 1 is 1.11 bits per heavy atom. The molecule has 0 spiro atoms. The zero-order chi connectivity index (χ0) is 19.6. The number of nitrogens with zero attached hydrogens (tertiary/aromatic N) is 6. The van der Waals surface area contributed by atoms with E-state index < -0.39 is 0 Å². The molecule has 1 aliphatic heterocycles. The first-order valence-corrected chi connectivity index (χ1v) is 8.79. The molecule has 0 saturated carbocycles. The van der Waals surface area contributed by atoms with Crippen molar-refractivity contribution in [3.05, 3.63) is 34.4 Å². The van der Waals surface area contributed by atoms with Crippen molar-refractivity contribution in [1.82, 2.24) is 9.80 Å². The summed E-state index contributed by atoms with van der Waals surface area (Å²) in [5.41, 5.74) is 0.680. The lowest BCUT2D eigenvalue weighted by Crippen LogP contribution is -2.50. The maximum Gasteiger partial charge on any atom is 0.292 e. The van der Waals surface area contributed by atoms with Crippen molar-refractivity contribution in [3.8, 4) is 12.1 Å². The Labute approximate surface area is 158 Å². The van der Waals surface area contributed by atoms with Crippen LogP contribution in [0.1, 0.15) is 12.8 Å². The van der Waals surface area contributed by atoms with Crippen molar-refractivity contribution in [3.63, 3.8) is 0 Å². The van der Waals surface area contributed by atoms with Gasteiger partial charge in [-0.15, -0.1) is 0 Å². The minimum absolute atomic E-state index is 0.0845. The summed E-state index contributed by atoms with van der Waals surface area (Å²) in [6, 6.07) is 10.7. The number of nitriles is 2. The van der Waals surface area contributed by atoms with Gasteiger partial charge in [0.25, 0.3) is 5.69 Å². The highest BCUT2D eigenvalue weighted by atomic mass is 16.6. The maximum atomic E-state index is 12.5. The molecule has 0 unspecified atom stereocenters. The van der Waals surface area contributed by atoms with Gasteiger partial charge in [-0.1, -0.05) is 12.1 Å². The SMILES string of the molecule is N#CCCN(CCC#N)C(=O)CN1CCN(c2ccccc2[N+](=O)[O-])CC1. The zero-order valence-electron chi connectivity index (χ0n) is 15.1. The van der Waals surface area contributed by atoms with Crippen molar-refractivity contribution in [1.29, 1.82) is 10.5 Å². The van der Waals surface area contributed by atoms with Crippen LogP contribution in [-0.4, -0.2) is 66.4 Å². The number of carbonyl (C=O) groups is 1. The van der Waals surface area contributed by atoms with Crippen LogP contribution in [0.2, 0.25) is 0 Å². The van der Waals surface area contributed by atoms with Gasteiger partial charge in [-0.3, -0.25) is 19.8 Å². The second kappa shape index (κ2) is 10.1. The summed E-state index contributed by atoms with van der Waals surface area (Å²) < 4.78 is 0. The average molecular weight is 370 g/mol. The van der Waals surface area contributed by atoms with Gasteiger partial charge < -0.3 is 9.80 Å². The summed E-state index contributed by atoms with van der Waals surface area (Å²) >= 11 is 0. The molecular weight excluding hydrogens is 348 g/mol. The van der Waals surface area contributed by atoms with Gasteiger partial charge in [0.15, 0.2) is 0 Å². The molecule has 9 heteroatoms. The fourth-order valence-corrected chi connectivity index (χ4v) is 3.06. The first-order chi connectivity index (χ1) is 13.1. The standard InChI is InChI=1S/C18H22N6O3/c19-7-3-9-23(10-4-8-20)18(25)15-21-11-13-22(14-12-21)16-5-1-2-6-17(16)24(26)27/h1-2,5-6H,3-4,9-15H2. The Morgan fingerprint density at radius 3 is 2.26 bits per heavy atom. The summed E-state index contributed by atoms with van der Waals surface area (Å²) in [6.07, 6.45) is 0.477. The Hall–Kier alpha value is -3.17. The molecule has 0 aliphatic carbocycles. The molecule has 0 radical (unpaired) electrons. The van der Waals surface area contributed by atoms with Gasteiger partial charge in [0.1, 0.15) is 5.69 Å². The number of nitro groups is 1. The number of hydrogen-bond acceptors (Lipinski definition) is 7. The van der Waals surface area contributed by atoms with Crippen molar-refractivity contribution < 1.29 is 9.72 Å². The minimum atomic E-state index is -0.381. The number of amides is 1. The van der Waals surface area contributed by atoms with Gasteiger partial charge >= 0.3 is 0 Å². The van der Waals surface area contributed by atoms with Crippen LogP contribution in [0.3, 0.4) is 0 Å². The summed E-state index contributed by atoms with van der Waals surface area (Å²) in [4.78, 5) is 28.8. The fraction of sp³-hybridized carbons (Fsp3) is 0.500. The van der Waals surface area contributed by atoms with Crippen molar-refractivity contribution in [2.75, 3.05) is 50.7 Å². The van der Waals surface area contributed by atoms with Crippen LogP contribution in [-0.2, 0) is 4.79 Å². The lowest BCUT2D eigenvalue weighted by molar-refractivity contribution is -0.384. The van der Waals surface area contributed by atoms with E-state index in [2.05, 4.69) is 0 Å². The summed E-state index contributed by atoms with van der Waals surface area (Å²) in [6.45, 7) is 3.29. The molecule has 9 nitrogen and oxygen atoms in total. The van der Waals surface area contributed by atoms with Crippen LogP contribution >= 0.6 is 0 Å². The first-order valence-electron chi connectivity index (χ1n) is 8.79. The number of anilines is 1. The average Bonchev–Trinajstić information content (AvgIpc) is 2.68. The maximum absolute atomic E-state index is 12.5. The Bertz CT molecular complexity index is 728. The highest BCUT2D eigenvalue weighted by Crippen LogP contribution is 2.28. The molecule has 0 N–H and O–H groups in total. The monoisotopic (exact) mass is 370 g/mol. The lowest BCUT2D eigenvalue weighted by Gasteiger charge is -2.36. The molecule has 1 heterocycles. The van der Waals surface area contributed by atoms with E-state index in [1.54, 1.807) is 23.1 Å². The van der Waals surface area contributed by atoms with Crippen molar-refractivity contribution >= 4 is 17.3 Å². The number of para-hydroxylation sites is 2. The molecule has 2 rings (SSSR count). The Morgan fingerprint density at radius 2 is 1.70 bits per heavy atom. The topological polar surface area (TPSA) is 118 Å². The number of carbonyl (C=O) groups excluding carboxylic acids is 1. The molecule has 1 fully saturated rings. The molecule has 1 aliphatic rings. The van der Waals surface area contributed by atoms with E-state index in [-0.39, 0.29) is 35.9 Å². The third-order valence-corrected chi connectivity index (χ3v) is 4.49. The molecule has 1 amide bonds. The molecule has 0 atom stereocenters. The van der Waals surface area contributed by atoms with Gasteiger partial charge in [-0.25, -0.2) is 0 Å². The normalized spacial score (nSPS) is 14.2. The van der Waals surface area contributed by atoms with Crippen LogP contribution in [0.4, 0.5) is 11.4 Å². The number of rotatable bonds is 8. The van der Waals surface area contributed by atoms with Gasteiger partial charge in [-0.2, -0.15) is 10.5 Å². The highest BCUT2D eigenvalue weighted by Gasteiger charge is 2.25. The van der Waals surface area contributed by atoms with E-state index in [1.807, 2.05) is 21.9 Å².